The van der Waals surface area contributed by atoms with Gasteiger partial charge in [-0.3, -0.25) is 4.79 Å². The molecule has 100 valence electrons. The Morgan fingerprint density at radius 1 is 1.30 bits per heavy atom. The Morgan fingerprint density at radius 3 is 2.90 bits per heavy atom. The molecule has 2 N–H and O–H groups in total. The van der Waals surface area contributed by atoms with E-state index in [1.165, 1.54) is 0 Å². The summed E-state index contributed by atoms with van der Waals surface area (Å²) in [6.45, 7) is 0. The molecule has 1 aromatic carbocycles. The maximum absolute atomic E-state index is 11.9. The largest absolute Gasteiger partial charge is 0.444 e. The molecule has 0 atom stereocenters. The molecule has 0 saturated carbocycles. The Bertz CT molecular complexity index is 738. The van der Waals surface area contributed by atoms with E-state index < -0.39 is 0 Å². The first-order chi connectivity index (χ1) is 9.72. The molecule has 0 aliphatic carbocycles. The third kappa shape index (κ3) is 2.59. The molecular formula is C12H8BrN5O2. The molecule has 3 aromatic rings. The summed E-state index contributed by atoms with van der Waals surface area (Å²) in [6.07, 6.45) is 0. The molecule has 7 nitrogen and oxygen atoms in total. The zero-order chi connectivity index (χ0) is 13.9. The predicted octanol–water partition coefficient (Wildman–Crippen LogP) is 2.47. The Hall–Kier alpha value is -2.48. The van der Waals surface area contributed by atoms with Crippen molar-refractivity contribution in [1.82, 2.24) is 20.6 Å². The van der Waals surface area contributed by atoms with E-state index in [1.807, 2.05) is 6.07 Å². The van der Waals surface area contributed by atoms with Gasteiger partial charge in [-0.05, 0) is 45.4 Å². The number of carbonyl (C=O) groups is 1. The van der Waals surface area contributed by atoms with E-state index in [0.717, 1.165) is 5.56 Å². The summed E-state index contributed by atoms with van der Waals surface area (Å²) in [5.41, 5.74) is 1.36. The van der Waals surface area contributed by atoms with E-state index in [2.05, 4.69) is 41.9 Å². The standard InChI is InChI=1S/C12H8BrN5O2/c13-10-5-4-9(20-10)12(19)14-8-3-1-2-7(6-8)11-15-17-18-16-11/h1-6H,(H,14,19)(H,15,16,17,18). The highest BCUT2D eigenvalue weighted by Crippen LogP contribution is 2.20. The van der Waals surface area contributed by atoms with Gasteiger partial charge < -0.3 is 9.73 Å². The van der Waals surface area contributed by atoms with E-state index in [-0.39, 0.29) is 11.7 Å². The number of hydrogen-bond donors (Lipinski definition) is 2. The van der Waals surface area contributed by atoms with Crippen LogP contribution in [-0.4, -0.2) is 26.5 Å². The van der Waals surface area contributed by atoms with Gasteiger partial charge in [-0.2, -0.15) is 5.21 Å². The minimum Gasteiger partial charge on any atom is -0.444 e. The van der Waals surface area contributed by atoms with Crippen molar-refractivity contribution in [1.29, 1.82) is 0 Å². The molecule has 0 saturated heterocycles. The van der Waals surface area contributed by atoms with E-state index in [1.54, 1.807) is 30.3 Å². The highest BCUT2D eigenvalue weighted by atomic mass is 79.9. The van der Waals surface area contributed by atoms with Crippen LogP contribution in [0.1, 0.15) is 10.6 Å². The van der Waals surface area contributed by atoms with Gasteiger partial charge in [0, 0.05) is 11.3 Å². The number of nitrogens with one attached hydrogen (secondary N) is 2. The molecule has 0 aliphatic heterocycles. The van der Waals surface area contributed by atoms with Crippen molar-refractivity contribution in [3.05, 3.63) is 46.8 Å². The van der Waals surface area contributed by atoms with Crippen LogP contribution < -0.4 is 5.32 Å². The highest BCUT2D eigenvalue weighted by Gasteiger charge is 2.11. The summed E-state index contributed by atoms with van der Waals surface area (Å²) in [4.78, 5) is 11.9. The molecule has 8 heteroatoms. The number of carbonyl (C=O) groups excluding carboxylic acids is 1. The van der Waals surface area contributed by atoms with Gasteiger partial charge in [0.05, 0.1) is 0 Å². The third-order valence-electron chi connectivity index (χ3n) is 2.52. The number of H-pyrrole nitrogens is 1. The average Bonchev–Trinajstić information content (AvgIpc) is 3.10. The van der Waals surface area contributed by atoms with Crippen LogP contribution in [0.25, 0.3) is 11.4 Å². The maximum Gasteiger partial charge on any atom is 0.291 e. The Morgan fingerprint density at radius 2 is 2.20 bits per heavy atom. The van der Waals surface area contributed by atoms with Crippen molar-refractivity contribution < 1.29 is 9.21 Å². The Balaban J connectivity index is 1.81. The van der Waals surface area contributed by atoms with E-state index in [9.17, 15) is 4.79 Å². The van der Waals surface area contributed by atoms with Crippen molar-refractivity contribution >= 4 is 27.5 Å². The summed E-state index contributed by atoms with van der Waals surface area (Å²) < 4.78 is 5.69. The lowest BCUT2D eigenvalue weighted by molar-refractivity contribution is 0.0995. The van der Waals surface area contributed by atoms with Gasteiger partial charge in [0.25, 0.3) is 5.91 Å². The first kappa shape index (κ1) is 12.5. The second kappa shape index (κ2) is 5.25. The Kier molecular flexibility index (Phi) is 3.30. The van der Waals surface area contributed by atoms with Crippen LogP contribution in [0, 0.1) is 0 Å². The topological polar surface area (TPSA) is 96.7 Å². The van der Waals surface area contributed by atoms with Crippen molar-refractivity contribution in [3.63, 3.8) is 0 Å². The van der Waals surface area contributed by atoms with Crippen molar-refractivity contribution in [2.45, 2.75) is 0 Å². The molecule has 0 fully saturated rings. The number of aromatic amines is 1. The van der Waals surface area contributed by atoms with E-state index in [4.69, 9.17) is 4.42 Å². The quantitative estimate of drug-likeness (QED) is 0.767. The van der Waals surface area contributed by atoms with E-state index in [0.29, 0.717) is 16.2 Å². The van der Waals surface area contributed by atoms with Gasteiger partial charge >= 0.3 is 0 Å². The fourth-order valence-electron chi connectivity index (χ4n) is 1.65. The van der Waals surface area contributed by atoms with E-state index >= 15 is 0 Å². The zero-order valence-electron chi connectivity index (χ0n) is 10.0. The molecule has 3 rings (SSSR count). The molecule has 0 aliphatic rings. The minimum atomic E-state index is -0.332. The minimum absolute atomic E-state index is 0.224. The molecule has 2 aromatic heterocycles. The van der Waals surface area contributed by atoms with Crippen LogP contribution in [0.2, 0.25) is 0 Å². The Labute approximate surface area is 121 Å². The van der Waals surface area contributed by atoms with Crippen LogP contribution in [0.15, 0.2) is 45.5 Å². The predicted molar refractivity (Wildman–Crippen MR) is 74.0 cm³/mol. The van der Waals surface area contributed by atoms with Crippen LogP contribution >= 0.6 is 15.9 Å². The third-order valence-corrected chi connectivity index (χ3v) is 2.95. The number of hydrogen-bond acceptors (Lipinski definition) is 5. The highest BCUT2D eigenvalue weighted by molar-refractivity contribution is 9.10. The van der Waals surface area contributed by atoms with Crippen molar-refractivity contribution in [2.75, 3.05) is 5.32 Å². The van der Waals surface area contributed by atoms with Crippen molar-refractivity contribution in [3.8, 4) is 11.4 Å². The lowest BCUT2D eigenvalue weighted by Gasteiger charge is -2.04. The van der Waals surface area contributed by atoms with Gasteiger partial charge in [0.1, 0.15) is 0 Å². The zero-order valence-corrected chi connectivity index (χ0v) is 11.6. The summed E-state index contributed by atoms with van der Waals surface area (Å²) in [7, 11) is 0. The van der Waals surface area contributed by atoms with Gasteiger partial charge in [0.15, 0.2) is 10.4 Å². The van der Waals surface area contributed by atoms with Crippen LogP contribution in [0.3, 0.4) is 0 Å². The lowest BCUT2D eigenvalue weighted by atomic mass is 10.2. The number of aromatic nitrogens is 4. The van der Waals surface area contributed by atoms with Gasteiger partial charge in [-0.25, -0.2) is 0 Å². The molecule has 2 heterocycles. The van der Waals surface area contributed by atoms with Crippen LogP contribution in [0.4, 0.5) is 5.69 Å². The number of furan rings is 1. The summed E-state index contributed by atoms with van der Waals surface area (Å²) in [5.74, 6) is 0.352. The number of halogens is 1. The maximum atomic E-state index is 11.9. The fourth-order valence-corrected chi connectivity index (χ4v) is 1.96. The second-order valence-electron chi connectivity index (χ2n) is 3.87. The first-order valence-corrected chi connectivity index (χ1v) is 6.42. The SMILES string of the molecule is O=C(Nc1cccc(-c2nn[nH]n2)c1)c1ccc(Br)o1. The van der Waals surface area contributed by atoms with Crippen LogP contribution in [-0.2, 0) is 0 Å². The number of rotatable bonds is 3. The number of anilines is 1. The fraction of sp³-hybridized carbons (Fsp3) is 0. The monoisotopic (exact) mass is 333 g/mol. The normalized spacial score (nSPS) is 10.4. The molecule has 0 radical (unpaired) electrons. The average molecular weight is 334 g/mol. The lowest BCUT2D eigenvalue weighted by Crippen LogP contribution is -2.10. The molecule has 0 unspecified atom stereocenters. The number of nitrogens with zero attached hydrogens (tertiary/aromatic N) is 3. The number of tetrazole rings is 1. The summed E-state index contributed by atoms with van der Waals surface area (Å²) in [6, 6.07) is 10.4. The van der Waals surface area contributed by atoms with Gasteiger partial charge in [-0.15, -0.1) is 10.2 Å². The van der Waals surface area contributed by atoms with Crippen molar-refractivity contribution in [2.24, 2.45) is 0 Å². The molecule has 1 amide bonds. The molecular weight excluding hydrogens is 326 g/mol. The van der Waals surface area contributed by atoms with Gasteiger partial charge in [0.2, 0.25) is 5.82 Å². The molecule has 20 heavy (non-hydrogen) atoms. The summed E-state index contributed by atoms with van der Waals surface area (Å²) in [5, 5.41) is 16.4. The number of amides is 1. The van der Waals surface area contributed by atoms with Gasteiger partial charge in [-0.1, -0.05) is 12.1 Å². The van der Waals surface area contributed by atoms with Crippen LogP contribution in [0.5, 0.6) is 0 Å². The first-order valence-electron chi connectivity index (χ1n) is 5.63. The number of benzene rings is 1. The molecule has 0 bridgehead atoms. The summed E-state index contributed by atoms with van der Waals surface area (Å²) >= 11 is 3.15. The second-order valence-corrected chi connectivity index (χ2v) is 4.66. The smallest absolute Gasteiger partial charge is 0.291 e. The molecule has 0 spiro atoms.